The molecule has 2 aromatic carbocycles. The Morgan fingerprint density at radius 1 is 1.00 bits per heavy atom. The van der Waals surface area contributed by atoms with Gasteiger partial charge in [-0.2, -0.15) is 0 Å². The van der Waals surface area contributed by atoms with Crippen LogP contribution in [-0.2, 0) is 5.41 Å². The third-order valence-electron chi connectivity index (χ3n) is 2.89. The van der Waals surface area contributed by atoms with E-state index in [1.807, 2.05) is 36.4 Å². The highest BCUT2D eigenvalue weighted by Gasteiger charge is 2.19. The molecule has 0 unspecified atom stereocenters. The van der Waals surface area contributed by atoms with Gasteiger partial charge in [-0.05, 0) is 52.3 Å². The molecule has 0 saturated heterocycles. The van der Waals surface area contributed by atoms with E-state index in [0.29, 0.717) is 11.4 Å². The first kappa shape index (κ1) is 14.2. The summed E-state index contributed by atoms with van der Waals surface area (Å²) in [6.07, 6.45) is 0. The first-order valence-electron chi connectivity index (χ1n) is 6.20. The molecule has 0 aliphatic rings. The average molecular weight is 367 g/mol. The molecule has 0 bridgehead atoms. The first-order chi connectivity index (χ1) is 8.88. The second kappa shape index (κ2) is 5.41. The van der Waals surface area contributed by atoms with Crippen LogP contribution in [0.25, 0.3) is 0 Å². The Kier molecular flexibility index (Phi) is 4.04. The number of anilines is 1. The number of ether oxygens (including phenoxy) is 1. The van der Waals surface area contributed by atoms with Gasteiger partial charge in [-0.25, -0.2) is 0 Å². The number of rotatable bonds is 2. The molecule has 0 amide bonds. The number of benzene rings is 2. The highest BCUT2D eigenvalue weighted by Crippen LogP contribution is 2.36. The Morgan fingerprint density at radius 2 is 1.68 bits per heavy atom. The molecule has 19 heavy (non-hydrogen) atoms. The summed E-state index contributed by atoms with van der Waals surface area (Å²) in [7, 11) is 0. The van der Waals surface area contributed by atoms with Gasteiger partial charge in [0.2, 0.25) is 0 Å². The minimum Gasteiger partial charge on any atom is -0.455 e. The lowest BCUT2D eigenvalue weighted by atomic mass is 9.86. The molecule has 0 aromatic heterocycles. The van der Waals surface area contributed by atoms with Crippen LogP contribution in [0.4, 0.5) is 5.69 Å². The maximum Gasteiger partial charge on any atom is 0.150 e. The minimum atomic E-state index is 0.0363. The molecule has 2 nitrogen and oxygen atoms in total. The Labute approximate surface area is 128 Å². The molecule has 2 aromatic rings. The molecule has 0 heterocycles. The fraction of sp³-hybridized carbons (Fsp3) is 0.250. The van der Waals surface area contributed by atoms with Crippen molar-refractivity contribution in [3.8, 4) is 11.5 Å². The van der Waals surface area contributed by atoms with Gasteiger partial charge in [0.05, 0.1) is 5.69 Å². The summed E-state index contributed by atoms with van der Waals surface area (Å²) in [6.45, 7) is 6.52. The van der Waals surface area contributed by atoms with Gasteiger partial charge in [0, 0.05) is 9.13 Å². The molecule has 0 atom stereocenters. The van der Waals surface area contributed by atoms with E-state index in [1.54, 1.807) is 0 Å². The molecule has 0 aliphatic carbocycles. The lowest BCUT2D eigenvalue weighted by Gasteiger charge is -2.22. The normalized spacial score (nSPS) is 11.4. The van der Waals surface area contributed by atoms with E-state index in [0.717, 1.165) is 9.32 Å². The molecule has 0 spiro atoms. The lowest BCUT2D eigenvalue weighted by molar-refractivity contribution is 0.457. The highest BCUT2D eigenvalue weighted by molar-refractivity contribution is 14.1. The number of nitrogen functional groups attached to an aromatic ring is 1. The van der Waals surface area contributed by atoms with E-state index < -0.39 is 0 Å². The van der Waals surface area contributed by atoms with Gasteiger partial charge in [-0.15, -0.1) is 0 Å². The Morgan fingerprint density at radius 3 is 2.32 bits per heavy atom. The van der Waals surface area contributed by atoms with Crippen molar-refractivity contribution in [2.45, 2.75) is 26.2 Å². The van der Waals surface area contributed by atoms with E-state index in [4.69, 9.17) is 10.5 Å². The third-order valence-corrected chi connectivity index (χ3v) is 3.56. The zero-order valence-electron chi connectivity index (χ0n) is 11.4. The van der Waals surface area contributed by atoms with Crippen LogP contribution in [0.15, 0.2) is 42.5 Å². The smallest absolute Gasteiger partial charge is 0.150 e. The largest absolute Gasteiger partial charge is 0.455 e. The third kappa shape index (κ3) is 3.41. The second-order valence-corrected chi connectivity index (χ2v) is 6.78. The molecule has 3 heteroatoms. The molecule has 2 N–H and O–H groups in total. The molecular weight excluding hydrogens is 349 g/mol. The Bertz CT molecular complexity index is 588. The van der Waals surface area contributed by atoms with E-state index in [9.17, 15) is 0 Å². The van der Waals surface area contributed by atoms with Crippen molar-refractivity contribution in [3.63, 3.8) is 0 Å². The average Bonchev–Trinajstić information content (AvgIpc) is 2.32. The van der Waals surface area contributed by atoms with Gasteiger partial charge < -0.3 is 10.5 Å². The maximum absolute atomic E-state index is 6.00. The molecule has 0 saturated carbocycles. The van der Waals surface area contributed by atoms with E-state index >= 15 is 0 Å². The van der Waals surface area contributed by atoms with Crippen LogP contribution in [0.2, 0.25) is 0 Å². The zero-order chi connectivity index (χ0) is 14.0. The van der Waals surface area contributed by atoms with Crippen LogP contribution >= 0.6 is 22.6 Å². The van der Waals surface area contributed by atoms with Crippen LogP contribution in [0.1, 0.15) is 26.3 Å². The first-order valence-corrected chi connectivity index (χ1v) is 7.28. The fourth-order valence-electron chi connectivity index (χ4n) is 1.91. The van der Waals surface area contributed by atoms with Crippen LogP contribution < -0.4 is 10.5 Å². The molecule has 100 valence electrons. The van der Waals surface area contributed by atoms with Crippen molar-refractivity contribution < 1.29 is 4.74 Å². The number of hydrogen-bond acceptors (Lipinski definition) is 2. The van der Waals surface area contributed by atoms with Crippen LogP contribution in [0, 0.1) is 3.57 Å². The molecule has 2 rings (SSSR count). The van der Waals surface area contributed by atoms with E-state index in [-0.39, 0.29) is 5.41 Å². The van der Waals surface area contributed by atoms with Crippen molar-refractivity contribution in [2.24, 2.45) is 0 Å². The number of nitrogens with two attached hydrogens (primary N) is 1. The molecular formula is C16H18INO. The summed E-state index contributed by atoms with van der Waals surface area (Å²) in [6, 6.07) is 13.9. The van der Waals surface area contributed by atoms with Gasteiger partial charge >= 0.3 is 0 Å². The summed E-state index contributed by atoms with van der Waals surface area (Å²) in [5.41, 5.74) is 7.87. The predicted octanol–water partition coefficient (Wildman–Crippen LogP) is 4.96. The summed E-state index contributed by atoms with van der Waals surface area (Å²) in [5.74, 6) is 1.57. The highest BCUT2D eigenvalue weighted by atomic mass is 127. The Hall–Kier alpha value is -1.23. The zero-order valence-corrected chi connectivity index (χ0v) is 13.6. The number of para-hydroxylation sites is 1. The van der Waals surface area contributed by atoms with Crippen LogP contribution in [0.5, 0.6) is 11.5 Å². The number of halogens is 1. The summed E-state index contributed by atoms with van der Waals surface area (Å²) in [4.78, 5) is 0. The predicted molar refractivity (Wildman–Crippen MR) is 88.8 cm³/mol. The topological polar surface area (TPSA) is 35.2 Å². The van der Waals surface area contributed by atoms with Crippen molar-refractivity contribution in [1.29, 1.82) is 0 Å². The summed E-state index contributed by atoms with van der Waals surface area (Å²) >= 11 is 2.24. The van der Waals surface area contributed by atoms with Gasteiger partial charge in [-0.3, -0.25) is 0 Å². The fourth-order valence-corrected chi connectivity index (χ4v) is 2.42. The SMILES string of the molecule is CC(C)(C)c1ccccc1Oc1ccc(I)cc1N. The number of hydrogen-bond donors (Lipinski definition) is 1. The van der Waals surface area contributed by atoms with Gasteiger partial charge in [-0.1, -0.05) is 39.0 Å². The molecule has 0 radical (unpaired) electrons. The molecule has 0 fully saturated rings. The van der Waals surface area contributed by atoms with Crippen molar-refractivity contribution >= 4 is 28.3 Å². The van der Waals surface area contributed by atoms with Crippen molar-refractivity contribution in [3.05, 3.63) is 51.6 Å². The van der Waals surface area contributed by atoms with Crippen LogP contribution in [0.3, 0.4) is 0 Å². The second-order valence-electron chi connectivity index (χ2n) is 5.53. The minimum absolute atomic E-state index is 0.0363. The van der Waals surface area contributed by atoms with Crippen molar-refractivity contribution in [1.82, 2.24) is 0 Å². The Balaban J connectivity index is 2.39. The summed E-state index contributed by atoms with van der Waals surface area (Å²) < 4.78 is 7.10. The summed E-state index contributed by atoms with van der Waals surface area (Å²) in [5, 5.41) is 0. The van der Waals surface area contributed by atoms with E-state index in [1.165, 1.54) is 5.56 Å². The van der Waals surface area contributed by atoms with Crippen LogP contribution in [-0.4, -0.2) is 0 Å². The standard InChI is InChI=1S/C16H18INO/c1-16(2,3)12-6-4-5-7-14(12)19-15-9-8-11(17)10-13(15)18/h4-10H,18H2,1-3H3. The molecule has 0 aliphatic heterocycles. The van der Waals surface area contributed by atoms with Gasteiger partial charge in [0.15, 0.2) is 0 Å². The van der Waals surface area contributed by atoms with E-state index in [2.05, 4.69) is 49.4 Å². The lowest BCUT2D eigenvalue weighted by Crippen LogP contribution is -2.12. The van der Waals surface area contributed by atoms with Crippen molar-refractivity contribution in [2.75, 3.05) is 5.73 Å². The van der Waals surface area contributed by atoms with Gasteiger partial charge in [0.25, 0.3) is 0 Å². The maximum atomic E-state index is 6.00. The quantitative estimate of drug-likeness (QED) is 0.601. The monoisotopic (exact) mass is 367 g/mol. The van der Waals surface area contributed by atoms with Gasteiger partial charge in [0.1, 0.15) is 11.5 Å².